The van der Waals surface area contributed by atoms with Gasteiger partial charge in [-0.25, -0.2) is 9.59 Å². The van der Waals surface area contributed by atoms with Crippen molar-refractivity contribution < 1.29 is 23.9 Å². The number of hydrogen-bond donors (Lipinski definition) is 4. The van der Waals surface area contributed by atoms with Gasteiger partial charge in [-0.15, -0.1) is 0 Å². The van der Waals surface area contributed by atoms with E-state index in [4.69, 9.17) is 4.74 Å². The molecule has 0 bridgehead atoms. The maximum absolute atomic E-state index is 14.1. The molecule has 5 amide bonds. The first-order valence-corrected chi connectivity index (χ1v) is 16.5. The summed E-state index contributed by atoms with van der Waals surface area (Å²) in [5.74, 6) is -0.718. The zero-order valence-electron chi connectivity index (χ0n) is 28.1. The number of fused-ring (bicyclic) bond motifs is 1. The molecule has 0 fully saturated rings. The predicted octanol–water partition coefficient (Wildman–Crippen LogP) is 5.84. The van der Waals surface area contributed by atoms with Crippen molar-refractivity contribution >= 4 is 29.6 Å². The van der Waals surface area contributed by atoms with E-state index in [0.717, 1.165) is 39.1 Å². The Balaban J connectivity index is 1.28. The Hall–Kier alpha value is -5.64. The van der Waals surface area contributed by atoms with Crippen molar-refractivity contribution in [3.8, 4) is 11.1 Å². The van der Waals surface area contributed by atoms with Crippen LogP contribution in [-0.2, 0) is 40.4 Å². The van der Waals surface area contributed by atoms with Gasteiger partial charge in [0.05, 0.1) is 6.54 Å². The van der Waals surface area contributed by atoms with Gasteiger partial charge in [-0.1, -0.05) is 97.1 Å². The first kappa shape index (κ1) is 34.7. The Morgan fingerprint density at radius 3 is 2.29 bits per heavy atom. The SMILES string of the molecule is CCNC(=O)NCc1ccccc1-c1ccc(CN2C(=O)[C@H](NC(=O)C(C)(C)NC(=O)OCc3ccccc3)CCc3ccccc32)cc1. The third kappa shape index (κ3) is 9.04. The molecule has 1 atom stereocenters. The van der Waals surface area contributed by atoms with E-state index in [9.17, 15) is 19.2 Å². The van der Waals surface area contributed by atoms with Crippen LogP contribution in [0.5, 0.6) is 0 Å². The van der Waals surface area contributed by atoms with E-state index < -0.39 is 23.6 Å². The lowest BCUT2D eigenvalue weighted by molar-refractivity contribution is -0.131. The van der Waals surface area contributed by atoms with Crippen LogP contribution in [0.2, 0.25) is 0 Å². The van der Waals surface area contributed by atoms with Crippen molar-refractivity contribution in [1.29, 1.82) is 0 Å². The lowest BCUT2D eigenvalue weighted by atomic mass is 9.98. The monoisotopic (exact) mass is 661 g/mol. The Kier molecular flexibility index (Phi) is 11.3. The minimum Gasteiger partial charge on any atom is -0.445 e. The van der Waals surface area contributed by atoms with Crippen molar-refractivity contribution in [2.45, 2.75) is 64.9 Å². The van der Waals surface area contributed by atoms with E-state index in [1.807, 2.05) is 110 Å². The average molecular weight is 662 g/mol. The summed E-state index contributed by atoms with van der Waals surface area (Å²) in [4.78, 5) is 53.9. The number of nitrogens with zero attached hydrogens (tertiary/aromatic N) is 1. The highest BCUT2D eigenvalue weighted by molar-refractivity contribution is 6.01. The topological polar surface area (TPSA) is 129 Å². The second-order valence-corrected chi connectivity index (χ2v) is 12.5. The maximum atomic E-state index is 14.1. The number of urea groups is 1. The maximum Gasteiger partial charge on any atom is 0.408 e. The van der Waals surface area contributed by atoms with Gasteiger partial charge >= 0.3 is 12.1 Å². The van der Waals surface area contributed by atoms with E-state index in [0.29, 0.717) is 32.5 Å². The molecule has 4 aromatic rings. The number of anilines is 1. The molecule has 10 nitrogen and oxygen atoms in total. The van der Waals surface area contributed by atoms with Crippen LogP contribution in [0.15, 0.2) is 103 Å². The van der Waals surface area contributed by atoms with Gasteiger partial charge in [0, 0.05) is 18.8 Å². The van der Waals surface area contributed by atoms with E-state index in [1.165, 1.54) is 0 Å². The third-order valence-electron chi connectivity index (χ3n) is 8.45. The van der Waals surface area contributed by atoms with Crippen LogP contribution in [0.4, 0.5) is 15.3 Å². The summed E-state index contributed by atoms with van der Waals surface area (Å²) in [6.07, 6.45) is 0.276. The van der Waals surface area contributed by atoms with Crippen LogP contribution in [0, 0.1) is 0 Å². The molecule has 4 aromatic carbocycles. The Morgan fingerprint density at radius 2 is 1.53 bits per heavy atom. The molecule has 0 saturated carbocycles. The largest absolute Gasteiger partial charge is 0.445 e. The fourth-order valence-corrected chi connectivity index (χ4v) is 5.75. The molecule has 49 heavy (non-hydrogen) atoms. The van der Waals surface area contributed by atoms with Crippen molar-refractivity contribution in [1.82, 2.24) is 21.3 Å². The summed E-state index contributed by atoms with van der Waals surface area (Å²) >= 11 is 0. The van der Waals surface area contributed by atoms with Gasteiger partial charge in [0.1, 0.15) is 18.2 Å². The van der Waals surface area contributed by atoms with Gasteiger partial charge < -0.3 is 30.9 Å². The summed E-state index contributed by atoms with van der Waals surface area (Å²) in [7, 11) is 0. The quantitative estimate of drug-likeness (QED) is 0.161. The highest BCUT2D eigenvalue weighted by Gasteiger charge is 2.36. The lowest BCUT2D eigenvalue weighted by Crippen LogP contribution is -2.59. The second kappa shape index (κ2) is 16.0. The van der Waals surface area contributed by atoms with Gasteiger partial charge in [0.25, 0.3) is 0 Å². The number of aryl methyl sites for hydroxylation is 1. The number of nitrogens with one attached hydrogen (secondary N) is 4. The Labute approximate surface area is 287 Å². The minimum absolute atomic E-state index is 0.0706. The van der Waals surface area contributed by atoms with E-state index in [2.05, 4.69) is 21.3 Å². The fourth-order valence-electron chi connectivity index (χ4n) is 5.75. The zero-order valence-corrected chi connectivity index (χ0v) is 28.1. The molecule has 0 spiro atoms. The molecule has 5 rings (SSSR count). The van der Waals surface area contributed by atoms with Crippen LogP contribution in [0.3, 0.4) is 0 Å². The molecule has 0 unspecified atom stereocenters. The molecule has 4 N–H and O–H groups in total. The van der Waals surface area contributed by atoms with E-state index in [1.54, 1.807) is 18.7 Å². The van der Waals surface area contributed by atoms with Gasteiger partial charge in [-0.2, -0.15) is 0 Å². The zero-order chi connectivity index (χ0) is 34.8. The van der Waals surface area contributed by atoms with Crippen LogP contribution in [-0.4, -0.2) is 42.1 Å². The third-order valence-corrected chi connectivity index (χ3v) is 8.45. The fraction of sp³-hybridized carbons (Fsp3) is 0.282. The average Bonchev–Trinajstić information content (AvgIpc) is 3.23. The lowest BCUT2D eigenvalue weighted by Gasteiger charge is -2.30. The van der Waals surface area contributed by atoms with E-state index in [-0.39, 0.29) is 18.5 Å². The minimum atomic E-state index is -1.33. The molecule has 0 aliphatic carbocycles. The molecule has 1 heterocycles. The Morgan fingerprint density at radius 1 is 0.837 bits per heavy atom. The number of rotatable bonds is 11. The van der Waals surface area contributed by atoms with Crippen molar-refractivity contribution in [3.05, 3.63) is 125 Å². The number of carbonyl (C=O) groups excluding carboxylic acids is 4. The highest BCUT2D eigenvalue weighted by atomic mass is 16.5. The van der Waals surface area contributed by atoms with Crippen LogP contribution in [0.25, 0.3) is 11.1 Å². The first-order valence-electron chi connectivity index (χ1n) is 16.5. The molecular weight excluding hydrogens is 618 g/mol. The van der Waals surface area contributed by atoms with Crippen LogP contribution < -0.4 is 26.2 Å². The highest BCUT2D eigenvalue weighted by Crippen LogP contribution is 2.30. The second-order valence-electron chi connectivity index (χ2n) is 12.5. The standard InChI is InChI=1S/C39H43N5O5/c1-4-40-37(47)41-24-31-15-8-10-16-32(31)29-20-18-27(19-21-29)25-44-34-17-11-9-14-30(34)22-23-33(35(44)45)42-36(46)39(2,3)43-38(48)49-26-28-12-6-5-7-13-28/h5-21,33H,4,22-26H2,1-3H3,(H,42,46)(H,43,48)(H2,40,41,47)/t33-/m1/s1. The number of carbonyl (C=O) groups is 4. The van der Waals surface area contributed by atoms with Gasteiger partial charge in [-0.3, -0.25) is 9.59 Å². The number of hydrogen-bond acceptors (Lipinski definition) is 5. The molecular formula is C39H43N5O5. The first-order chi connectivity index (χ1) is 23.6. The Bertz CT molecular complexity index is 1770. The molecule has 1 aliphatic rings. The molecule has 254 valence electrons. The summed E-state index contributed by atoms with van der Waals surface area (Å²) in [5, 5.41) is 11.2. The normalized spacial score (nSPS) is 14.2. The smallest absolute Gasteiger partial charge is 0.408 e. The molecule has 1 aliphatic heterocycles. The van der Waals surface area contributed by atoms with Gasteiger partial charge in [0.15, 0.2) is 0 Å². The summed E-state index contributed by atoms with van der Waals surface area (Å²) in [6, 6.07) is 32.0. The number of alkyl carbamates (subject to hydrolysis) is 1. The summed E-state index contributed by atoms with van der Waals surface area (Å²) in [6.45, 7) is 6.34. The van der Waals surface area contributed by atoms with Crippen LogP contribution in [0.1, 0.15) is 49.4 Å². The number of para-hydroxylation sites is 1. The number of ether oxygens (including phenoxy) is 1. The van der Waals surface area contributed by atoms with Crippen molar-refractivity contribution in [3.63, 3.8) is 0 Å². The number of amides is 5. The predicted molar refractivity (Wildman–Crippen MR) is 190 cm³/mol. The van der Waals surface area contributed by atoms with Crippen molar-refractivity contribution in [2.24, 2.45) is 0 Å². The van der Waals surface area contributed by atoms with Gasteiger partial charge in [0.2, 0.25) is 11.8 Å². The number of benzene rings is 4. The summed E-state index contributed by atoms with van der Waals surface area (Å²) in [5.41, 5.74) is 5.20. The van der Waals surface area contributed by atoms with Gasteiger partial charge in [-0.05, 0) is 73.1 Å². The van der Waals surface area contributed by atoms with E-state index >= 15 is 0 Å². The van der Waals surface area contributed by atoms with Crippen LogP contribution >= 0.6 is 0 Å². The molecule has 0 saturated heterocycles. The molecule has 0 aromatic heterocycles. The van der Waals surface area contributed by atoms with Crippen molar-refractivity contribution in [2.75, 3.05) is 11.4 Å². The summed E-state index contributed by atoms with van der Waals surface area (Å²) < 4.78 is 5.32. The molecule has 10 heteroatoms. The molecule has 0 radical (unpaired) electrons.